The fourth-order valence-electron chi connectivity index (χ4n) is 5.74. The highest BCUT2D eigenvalue weighted by molar-refractivity contribution is 6.14. The van der Waals surface area contributed by atoms with E-state index in [-0.39, 0.29) is 41.0 Å². The van der Waals surface area contributed by atoms with E-state index in [9.17, 15) is 27.2 Å². The highest BCUT2D eigenvalue weighted by atomic mass is 19.1. The van der Waals surface area contributed by atoms with Crippen molar-refractivity contribution in [3.05, 3.63) is 112 Å². The molecule has 0 spiro atoms. The maximum atomic E-state index is 14.4. The summed E-state index contributed by atoms with van der Waals surface area (Å²) in [6.45, 7) is 5.11. The molecule has 0 bridgehead atoms. The first-order valence-corrected chi connectivity index (χ1v) is 14.4. The van der Waals surface area contributed by atoms with E-state index in [0.717, 1.165) is 56.0 Å². The molecule has 1 saturated carbocycles. The fraction of sp³-hybridized carbons (Fsp3) is 0.294. The molecule has 0 aromatic heterocycles. The standard InChI is InChI=1S/C34H33F4N3O2/c1-2-41-13-3-4-30(41)20-39-28-11-7-21(8-12-28)34(43)40-29-16-24(14-22-5-9-26(35)18-31(22)37)33(42)25(17-29)15-23-6-10-27(36)19-32(23)38/h5-12,14-15,18-19,29-30,39H,2-4,13,16-17,20H2,1H3,(H,40,43)/b24-14+,25-15+/t30-/m0/s1. The van der Waals surface area contributed by atoms with Gasteiger partial charge in [0.05, 0.1) is 0 Å². The summed E-state index contributed by atoms with van der Waals surface area (Å²) in [5.41, 5.74) is 1.68. The van der Waals surface area contributed by atoms with Gasteiger partial charge in [-0.25, -0.2) is 17.6 Å². The van der Waals surface area contributed by atoms with E-state index in [2.05, 4.69) is 22.5 Å². The monoisotopic (exact) mass is 591 g/mol. The first kappa shape index (κ1) is 30.2. The molecule has 5 rings (SSSR count). The Morgan fingerprint density at radius 2 is 1.47 bits per heavy atom. The van der Waals surface area contributed by atoms with E-state index in [0.29, 0.717) is 11.6 Å². The van der Waals surface area contributed by atoms with E-state index in [4.69, 9.17) is 0 Å². The number of nitrogens with one attached hydrogen (secondary N) is 2. The number of hydrogen-bond donors (Lipinski definition) is 2. The smallest absolute Gasteiger partial charge is 0.251 e. The molecule has 5 nitrogen and oxygen atoms in total. The summed E-state index contributed by atoms with van der Waals surface area (Å²) in [6.07, 6.45) is 5.14. The van der Waals surface area contributed by atoms with E-state index in [1.165, 1.54) is 30.7 Å². The molecule has 1 amide bonds. The maximum absolute atomic E-state index is 14.4. The molecule has 2 N–H and O–H groups in total. The molecule has 43 heavy (non-hydrogen) atoms. The van der Waals surface area contributed by atoms with Gasteiger partial charge >= 0.3 is 0 Å². The molecule has 1 aliphatic heterocycles. The average molecular weight is 592 g/mol. The lowest BCUT2D eigenvalue weighted by atomic mass is 9.83. The average Bonchev–Trinajstić information content (AvgIpc) is 3.45. The van der Waals surface area contributed by atoms with Gasteiger partial charge < -0.3 is 10.6 Å². The van der Waals surface area contributed by atoms with Crippen molar-refractivity contribution in [2.45, 2.75) is 44.7 Å². The van der Waals surface area contributed by atoms with Gasteiger partial charge in [-0.2, -0.15) is 0 Å². The van der Waals surface area contributed by atoms with Crippen molar-refractivity contribution >= 4 is 29.5 Å². The summed E-state index contributed by atoms with van der Waals surface area (Å²) < 4.78 is 55.8. The largest absolute Gasteiger partial charge is 0.383 e. The lowest BCUT2D eigenvalue weighted by molar-refractivity contribution is -0.113. The van der Waals surface area contributed by atoms with Crippen LogP contribution in [0.4, 0.5) is 23.2 Å². The number of likely N-dealkylation sites (N-methyl/N-ethyl adjacent to an activating group) is 1. The number of halogens is 4. The highest BCUT2D eigenvalue weighted by Crippen LogP contribution is 2.30. The van der Waals surface area contributed by atoms with E-state index in [1.54, 1.807) is 12.1 Å². The number of likely N-dealkylation sites (tertiary alicyclic amines) is 1. The summed E-state index contributed by atoms with van der Waals surface area (Å²) in [6, 6.07) is 13.1. The molecule has 0 radical (unpaired) electrons. The molecular weight excluding hydrogens is 558 g/mol. The first-order valence-electron chi connectivity index (χ1n) is 14.4. The predicted octanol–water partition coefficient (Wildman–Crippen LogP) is 6.77. The zero-order valence-electron chi connectivity index (χ0n) is 23.8. The van der Waals surface area contributed by atoms with Crippen LogP contribution in [0.5, 0.6) is 0 Å². The second-order valence-corrected chi connectivity index (χ2v) is 11.0. The van der Waals surface area contributed by atoms with Crippen molar-refractivity contribution in [1.29, 1.82) is 0 Å². The van der Waals surface area contributed by atoms with Crippen LogP contribution in [-0.4, -0.2) is 48.3 Å². The van der Waals surface area contributed by atoms with Crippen molar-refractivity contribution in [2.24, 2.45) is 0 Å². The molecule has 1 heterocycles. The van der Waals surface area contributed by atoms with Crippen LogP contribution < -0.4 is 10.6 Å². The second kappa shape index (κ2) is 13.4. The molecule has 2 fully saturated rings. The van der Waals surface area contributed by atoms with Gasteiger partial charge in [0.2, 0.25) is 0 Å². The summed E-state index contributed by atoms with van der Waals surface area (Å²) in [7, 11) is 0. The Labute approximate surface area is 248 Å². The Morgan fingerprint density at radius 3 is 2.00 bits per heavy atom. The highest BCUT2D eigenvalue weighted by Gasteiger charge is 2.30. The normalized spacial score (nSPS) is 21.0. The molecule has 2 aliphatic rings. The molecule has 0 unspecified atom stereocenters. The minimum atomic E-state index is -0.842. The SMILES string of the molecule is CCN1CCC[C@H]1CNc1ccc(C(=O)NC2C/C(=C\c3ccc(F)cc3F)C(=O)/C(=C/c3ccc(F)cc3F)C2)cc1. The van der Waals surface area contributed by atoms with Gasteiger partial charge in [0.1, 0.15) is 23.3 Å². The number of benzene rings is 3. The van der Waals surface area contributed by atoms with Gasteiger partial charge in [0.25, 0.3) is 5.91 Å². The summed E-state index contributed by atoms with van der Waals surface area (Å²) in [4.78, 5) is 29.0. The minimum Gasteiger partial charge on any atom is -0.383 e. The first-order chi connectivity index (χ1) is 20.7. The molecule has 9 heteroatoms. The number of ketones is 1. The minimum absolute atomic E-state index is 0.00629. The Hall–Kier alpha value is -4.24. The molecular formula is C34H33F4N3O2. The van der Waals surface area contributed by atoms with Gasteiger partial charge in [-0.3, -0.25) is 14.5 Å². The summed E-state index contributed by atoms with van der Waals surface area (Å²) in [5, 5.41) is 6.38. The molecule has 224 valence electrons. The topological polar surface area (TPSA) is 61.4 Å². The zero-order valence-corrected chi connectivity index (χ0v) is 23.8. The van der Waals surface area contributed by atoms with Crippen molar-refractivity contribution in [3.63, 3.8) is 0 Å². The maximum Gasteiger partial charge on any atom is 0.251 e. The van der Waals surface area contributed by atoms with Gasteiger partial charge in [0, 0.05) is 64.3 Å². The number of anilines is 1. The molecule has 1 atom stereocenters. The number of rotatable bonds is 8. The third-order valence-electron chi connectivity index (χ3n) is 8.03. The van der Waals surface area contributed by atoms with Crippen molar-refractivity contribution in [3.8, 4) is 0 Å². The third-order valence-corrected chi connectivity index (χ3v) is 8.03. The number of carbonyl (C=O) groups excluding carboxylic acids is 2. The Kier molecular flexibility index (Phi) is 9.40. The third kappa shape index (κ3) is 7.40. The molecule has 1 saturated heterocycles. The summed E-state index contributed by atoms with van der Waals surface area (Å²) >= 11 is 0. The van der Waals surface area contributed by atoms with Crippen LogP contribution in [0, 0.1) is 23.3 Å². The van der Waals surface area contributed by atoms with Gasteiger partial charge in [-0.15, -0.1) is 0 Å². The Balaban J connectivity index is 1.34. The van der Waals surface area contributed by atoms with Crippen LogP contribution in [0.1, 0.15) is 54.1 Å². The second-order valence-electron chi connectivity index (χ2n) is 11.0. The van der Waals surface area contributed by atoms with Gasteiger partial charge in [0.15, 0.2) is 5.78 Å². The number of nitrogens with zero attached hydrogens (tertiary/aromatic N) is 1. The Morgan fingerprint density at radius 1 is 0.884 bits per heavy atom. The van der Waals surface area contributed by atoms with Crippen molar-refractivity contribution in [1.82, 2.24) is 10.2 Å². The van der Waals surface area contributed by atoms with Crippen LogP contribution in [0.25, 0.3) is 12.2 Å². The summed E-state index contributed by atoms with van der Waals surface area (Å²) in [5.74, 6) is -4.02. The van der Waals surface area contributed by atoms with Crippen LogP contribution in [0.2, 0.25) is 0 Å². The van der Waals surface area contributed by atoms with Crippen LogP contribution in [0.15, 0.2) is 71.8 Å². The van der Waals surface area contributed by atoms with Gasteiger partial charge in [-0.1, -0.05) is 6.92 Å². The predicted molar refractivity (Wildman–Crippen MR) is 159 cm³/mol. The van der Waals surface area contributed by atoms with E-state index >= 15 is 0 Å². The molecule has 1 aliphatic carbocycles. The quantitative estimate of drug-likeness (QED) is 0.224. The van der Waals surface area contributed by atoms with Crippen LogP contribution >= 0.6 is 0 Å². The van der Waals surface area contributed by atoms with Crippen LogP contribution in [0.3, 0.4) is 0 Å². The number of Topliss-reactive ketones (excluding diaryl/α,β-unsaturated/α-hetero) is 1. The Bertz CT molecular complexity index is 1490. The van der Waals surface area contributed by atoms with Crippen LogP contribution in [-0.2, 0) is 4.79 Å². The van der Waals surface area contributed by atoms with E-state index in [1.807, 2.05) is 12.1 Å². The number of hydrogen-bond acceptors (Lipinski definition) is 4. The van der Waals surface area contributed by atoms with Crippen molar-refractivity contribution < 1.29 is 27.2 Å². The number of amides is 1. The zero-order chi connectivity index (χ0) is 30.5. The fourth-order valence-corrected chi connectivity index (χ4v) is 5.74. The molecule has 3 aromatic rings. The van der Waals surface area contributed by atoms with Crippen molar-refractivity contribution in [2.75, 3.05) is 25.0 Å². The van der Waals surface area contributed by atoms with E-state index < -0.39 is 35.1 Å². The number of carbonyl (C=O) groups is 2. The molecule has 3 aromatic carbocycles. The van der Waals surface area contributed by atoms with Gasteiger partial charge in [-0.05, 0) is 99.5 Å². The lowest BCUT2D eigenvalue weighted by Gasteiger charge is -2.27. The lowest BCUT2D eigenvalue weighted by Crippen LogP contribution is -2.39.